The number of imidazole rings is 1. The minimum absolute atomic E-state index is 0.417. The van der Waals surface area contributed by atoms with E-state index in [2.05, 4.69) is 20.6 Å². The molecule has 4 N–H and O–H groups in total. The van der Waals surface area contributed by atoms with Crippen LogP contribution in [0.4, 0.5) is 4.79 Å². The molecule has 88 valence electrons. The molecule has 0 aliphatic carbocycles. The van der Waals surface area contributed by atoms with Gasteiger partial charge in [0.05, 0.1) is 6.33 Å². The number of hydrogen-bond donors (Lipinski definition) is 4. The summed E-state index contributed by atoms with van der Waals surface area (Å²) in [6, 6.07) is -1.39. The van der Waals surface area contributed by atoms with Gasteiger partial charge in [-0.05, 0) is 6.92 Å². The zero-order valence-corrected chi connectivity index (χ0v) is 8.86. The van der Waals surface area contributed by atoms with Gasteiger partial charge in [0.15, 0.2) is 0 Å². The van der Waals surface area contributed by atoms with Gasteiger partial charge in [0, 0.05) is 24.9 Å². The van der Waals surface area contributed by atoms with E-state index in [4.69, 9.17) is 5.11 Å². The lowest BCUT2D eigenvalue weighted by Crippen LogP contribution is -2.44. The van der Waals surface area contributed by atoms with Crippen LogP contribution in [-0.2, 0) is 11.2 Å². The highest BCUT2D eigenvalue weighted by Gasteiger charge is 2.12. The summed E-state index contributed by atoms with van der Waals surface area (Å²) in [6.07, 6.45) is 3.84. The van der Waals surface area contributed by atoms with Crippen LogP contribution >= 0.6 is 0 Å². The van der Waals surface area contributed by atoms with Crippen molar-refractivity contribution in [2.45, 2.75) is 19.4 Å². The standard InChI is InChI=1S/C9H14N4O3/c1-6(8(14)15)13-9(16)11-3-2-7-4-10-5-12-7/h4-6H,2-3H2,1H3,(H,10,12)(H,14,15)(H2,11,13,16)/t6-/m0/s1. The predicted octanol–water partition coefficient (Wildman–Crippen LogP) is -0.275. The van der Waals surface area contributed by atoms with E-state index in [0.717, 1.165) is 5.69 Å². The van der Waals surface area contributed by atoms with E-state index in [0.29, 0.717) is 13.0 Å². The van der Waals surface area contributed by atoms with E-state index >= 15 is 0 Å². The van der Waals surface area contributed by atoms with E-state index in [-0.39, 0.29) is 0 Å². The summed E-state index contributed by atoms with van der Waals surface area (Å²) in [4.78, 5) is 28.3. The molecule has 0 saturated carbocycles. The highest BCUT2D eigenvalue weighted by atomic mass is 16.4. The van der Waals surface area contributed by atoms with Gasteiger partial charge in [-0.25, -0.2) is 9.78 Å². The van der Waals surface area contributed by atoms with Gasteiger partial charge in [0.1, 0.15) is 6.04 Å². The first-order valence-electron chi connectivity index (χ1n) is 4.84. The molecule has 0 fully saturated rings. The van der Waals surface area contributed by atoms with Gasteiger partial charge in [0.2, 0.25) is 0 Å². The van der Waals surface area contributed by atoms with Crippen molar-refractivity contribution in [3.05, 3.63) is 18.2 Å². The fraction of sp³-hybridized carbons (Fsp3) is 0.444. The van der Waals surface area contributed by atoms with Crippen LogP contribution in [0.5, 0.6) is 0 Å². The molecule has 1 atom stereocenters. The number of rotatable bonds is 5. The Bertz CT molecular complexity index is 350. The van der Waals surface area contributed by atoms with Crippen LogP contribution in [0.3, 0.4) is 0 Å². The molecule has 7 nitrogen and oxygen atoms in total. The Morgan fingerprint density at radius 3 is 2.94 bits per heavy atom. The Morgan fingerprint density at radius 2 is 2.38 bits per heavy atom. The minimum Gasteiger partial charge on any atom is -0.480 e. The van der Waals surface area contributed by atoms with Crippen LogP contribution in [0.2, 0.25) is 0 Å². The molecule has 0 radical (unpaired) electrons. The van der Waals surface area contributed by atoms with Crippen LogP contribution in [-0.4, -0.2) is 39.7 Å². The maximum absolute atomic E-state index is 11.2. The molecule has 7 heteroatoms. The van der Waals surface area contributed by atoms with Crippen LogP contribution < -0.4 is 10.6 Å². The molecule has 1 rings (SSSR count). The van der Waals surface area contributed by atoms with Gasteiger partial charge in [-0.15, -0.1) is 0 Å². The van der Waals surface area contributed by atoms with Crippen LogP contribution in [0.15, 0.2) is 12.5 Å². The number of urea groups is 1. The number of carbonyl (C=O) groups is 2. The third-order valence-electron chi connectivity index (χ3n) is 1.95. The highest BCUT2D eigenvalue weighted by Crippen LogP contribution is 1.90. The Morgan fingerprint density at radius 1 is 1.62 bits per heavy atom. The van der Waals surface area contributed by atoms with Crippen molar-refractivity contribution in [1.29, 1.82) is 0 Å². The first-order valence-corrected chi connectivity index (χ1v) is 4.84. The molecule has 0 aliphatic heterocycles. The Kier molecular flexibility index (Phi) is 4.31. The number of aliphatic carboxylic acids is 1. The third kappa shape index (κ3) is 3.99. The largest absolute Gasteiger partial charge is 0.480 e. The van der Waals surface area contributed by atoms with Crippen LogP contribution in [0, 0.1) is 0 Å². The molecular formula is C9H14N4O3. The fourth-order valence-corrected chi connectivity index (χ4v) is 1.04. The molecular weight excluding hydrogens is 212 g/mol. The van der Waals surface area contributed by atoms with Crippen LogP contribution in [0.25, 0.3) is 0 Å². The lowest BCUT2D eigenvalue weighted by molar-refractivity contribution is -0.138. The van der Waals surface area contributed by atoms with Gasteiger partial charge in [-0.1, -0.05) is 0 Å². The number of carbonyl (C=O) groups excluding carboxylic acids is 1. The lowest BCUT2D eigenvalue weighted by Gasteiger charge is -2.10. The maximum atomic E-state index is 11.2. The Labute approximate surface area is 92.3 Å². The number of nitrogens with one attached hydrogen (secondary N) is 3. The van der Waals surface area contributed by atoms with E-state index in [1.807, 2.05) is 0 Å². The molecule has 0 aromatic carbocycles. The van der Waals surface area contributed by atoms with Crippen molar-refractivity contribution < 1.29 is 14.7 Å². The molecule has 2 amide bonds. The number of H-pyrrole nitrogens is 1. The summed E-state index contributed by atoms with van der Waals surface area (Å²) < 4.78 is 0. The molecule has 1 aromatic heterocycles. The molecule has 0 unspecified atom stereocenters. The van der Waals surface area contributed by atoms with E-state index in [1.165, 1.54) is 6.92 Å². The first kappa shape index (κ1) is 12.0. The third-order valence-corrected chi connectivity index (χ3v) is 1.95. The zero-order chi connectivity index (χ0) is 12.0. The number of amides is 2. The van der Waals surface area contributed by atoms with Gasteiger partial charge >= 0.3 is 12.0 Å². The second-order valence-corrected chi connectivity index (χ2v) is 3.29. The SMILES string of the molecule is C[C@H](NC(=O)NCCc1cnc[nH]1)C(=O)O. The first-order chi connectivity index (χ1) is 7.59. The van der Waals surface area contributed by atoms with Gasteiger partial charge in [-0.2, -0.15) is 0 Å². The van der Waals surface area contributed by atoms with Crippen molar-refractivity contribution in [2.75, 3.05) is 6.54 Å². The highest BCUT2D eigenvalue weighted by molar-refractivity contribution is 5.82. The average Bonchev–Trinajstić information content (AvgIpc) is 2.70. The molecule has 16 heavy (non-hydrogen) atoms. The molecule has 0 bridgehead atoms. The number of carboxylic acid groups (broad SMARTS) is 1. The number of nitrogens with zero attached hydrogens (tertiary/aromatic N) is 1. The molecule has 1 heterocycles. The quantitative estimate of drug-likeness (QED) is 0.554. The number of aromatic nitrogens is 2. The summed E-state index contributed by atoms with van der Waals surface area (Å²) in [6.45, 7) is 1.82. The fourth-order valence-electron chi connectivity index (χ4n) is 1.04. The average molecular weight is 226 g/mol. The molecule has 0 saturated heterocycles. The van der Waals surface area contributed by atoms with Crippen molar-refractivity contribution >= 4 is 12.0 Å². The van der Waals surface area contributed by atoms with Gasteiger partial charge < -0.3 is 20.7 Å². The van der Waals surface area contributed by atoms with E-state index in [1.54, 1.807) is 12.5 Å². The Balaban J connectivity index is 2.18. The number of aromatic amines is 1. The summed E-state index contributed by atoms with van der Waals surface area (Å²) in [5, 5.41) is 13.4. The summed E-state index contributed by atoms with van der Waals surface area (Å²) in [5.74, 6) is -1.07. The zero-order valence-electron chi connectivity index (χ0n) is 8.86. The van der Waals surface area contributed by atoms with Crippen molar-refractivity contribution in [3.63, 3.8) is 0 Å². The number of hydrogen-bond acceptors (Lipinski definition) is 3. The predicted molar refractivity (Wildman–Crippen MR) is 55.9 cm³/mol. The summed E-state index contributed by atoms with van der Waals surface area (Å²) in [5.41, 5.74) is 0.909. The van der Waals surface area contributed by atoms with Crippen molar-refractivity contribution in [1.82, 2.24) is 20.6 Å². The smallest absolute Gasteiger partial charge is 0.325 e. The monoisotopic (exact) mass is 226 g/mol. The van der Waals surface area contributed by atoms with E-state index < -0.39 is 18.0 Å². The maximum Gasteiger partial charge on any atom is 0.325 e. The topological polar surface area (TPSA) is 107 Å². The van der Waals surface area contributed by atoms with E-state index in [9.17, 15) is 9.59 Å². The molecule has 0 spiro atoms. The summed E-state index contributed by atoms with van der Waals surface area (Å²) in [7, 11) is 0. The lowest BCUT2D eigenvalue weighted by atomic mass is 10.3. The van der Waals surface area contributed by atoms with Crippen LogP contribution in [0.1, 0.15) is 12.6 Å². The minimum atomic E-state index is -1.07. The summed E-state index contributed by atoms with van der Waals surface area (Å²) >= 11 is 0. The molecule has 1 aromatic rings. The number of carboxylic acids is 1. The Hall–Kier alpha value is -2.05. The van der Waals surface area contributed by atoms with Gasteiger partial charge in [-0.3, -0.25) is 4.79 Å². The second-order valence-electron chi connectivity index (χ2n) is 3.29. The van der Waals surface area contributed by atoms with Crippen molar-refractivity contribution in [2.24, 2.45) is 0 Å². The molecule has 0 aliphatic rings. The second kappa shape index (κ2) is 5.74. The van der Waals surface area contributed by atoms with Gasteiger partial charge in [0.25, 0.3) is 0 Å². The van der Waals surface area contributed by atoms with Crippen molar-refractivity contribution in [3.8, 4) is 0 Å². The normalized spacial score (nSPS) is 11.8.